The Kier molecular flexibility index (Phi) is 3.78. The monoisotopic (exact) mass is 272 g/mol. The van der Waals surface area contributed by atoms with Gasteiger partial charge in [-0.1, -0.05) is 18.3 Å². The minimum Gasteiger partial charge on any atom is -0.374 e. The van der Waals surface area contributed by atoms with Gasteiger partial charge in [-0.15, -0.1) is 21.5 Å². The topological polar surface area (TPSA) is 64.7 Å². The van der Waals surface area contributed by atoms with E-state index in [0.29, 0.717) is 5.13 Å². The molecule has 4 nitrogen and oxygen atoms in total. The quantitative estimate of drug-likeness (QED) is 0.927. The minimum absolute atomic E-state index is 0.511. The fourth-order valence-electron chi connectivity index (χ4n) is 1.32. The third-order valence-corrected chi connectivity index (χ3v) is 4.73. The van der Waals surface area contributed by atoms with Crippen LogP contribution in [0, 0.1) is 0 Å². The van der Waals surface area contributed by atoms with Crippen molar-refractivity contribution < 1.29 is 0 Å². The highest BCUT2D eigenvalue weighted by Gasteiger charge is 2.15. The molecule has 0 unspecified atom stereocenters. The first-order chi connectivity index (χ1) is 7.74. The summed E-state index contributed by atoms with van der Waals surface area (Å²) in [5.41, 5.74) is 6.70. The van der Waals surface area contributed by atoms with Crippen LogP contribution in [-0.4, -0.2) is 21.4 Å². The first kappa shape index (κ1) is 11.8. The zero-order valence-corrected chi connectivity index (χ0v) is 11.5. The number of nitrogens with zero attached hydrogens (tertiary/aromatic N) is 3. The van der Waals surface area contributed by atoms with Gasteiger partial charge in [0.1, 0.15) is 5.01 Å². The number of anilines is 1. The van der Waals surface area contributed by atoms with Gasteiger partial charge < -0.3 is 5.73 Å². The van der Waals surface area contributed by atoms with Crippen molar-refractivity contribution in [3.05, 3.63) is 10.7 Å². The van der Waals surface area contributed by atoms with Crippen LogP contribution < -0.4 is 5.73 Å². The van der Waals surface area contributed by atoms with Crippen LogP contribution in [0.25, 0.3) is 9.88 Å². The van der Waals surface area contributed by atoms with Crippen molar-refractivity contribution >= 4 is 39.6 Å². The first-order valence-electron chi connectivity index (χ1n) is 4.81. The van der Waals surface area contributed by atoms with E-state index in [1.165, 1.54) is 11.3 Å². The summed E-state index contributed by atoms with van der Waals surface area (Å²) in [7, 11) is 0. The molecule has 86 valence electrons. The molecular weight excluding hydrogens is 260 g/mol. The third-order valence-electron chi connectivity index (χ3n) is 1.98. The Balaban J connectivity index is 2.38. The summed E-state index contributed by atoms with van der Waals surface area (Å²) in [6, 6.07) is 0. The van der Waals surface area contributed by atoms with Crippen LogP contribution in [0.2, 0.25) is 0 Å². The molecule has 0 aliphatic rings. The highest BCUT2D eigenvalue weighted by Crippen LogP contribution is 2.34. The number of thioether (sulfide) groups is 1. The van der Waals surface area contributed by atoms with Crippen molar-refractivity contribution in [3.8, 4) is 9.88 Å². The Morgan fingerprint density at radius 3 is 2.69 bits per heavy atom. The van der Waals surface area contributed by atoms with E-state index in [1.807, 2.05) is 0 Å². The van der Waals surface area contributed by atoms with E-state index < -0.39 is 0 Å². The molecule has 2 N–H and O–H groups in total. The van der Waals surface area contributed by atoms with E-state index in [1.54, 1.807) is 23.1 Å². The summed E-state index contributed by atoms with van der Waals surface area (Å²) in [6.07, 6.45) is 3.00. The second-order valence-corrected chi connectivity index (χ2v) is 6.07. The lowest BCUT2D eigenvalue weighted by molar-refractivity contribution is 1.04. The molecule has 0 saturated carbocycles. The van der Waals surface area contributed by atoms with Crippen LogP contribution in [0.3, 0.4) is 0 Å². The van der Waals surface area contributed by atoms with Crippen LogP contribution in [0.15, 0.2) is 0 Å². The maximum absolute atomic E-state index is 5.60. The maximum atomic E-state index is 5.60. The van der Waals surface area contributed by atoms with Crippen LogP contribution in [0.5, 0.6) is 0 Å². The summed E-state index contributed by atoms with van der Waals surface area (Å²) < 4.78 is 0. The van der Waals surface area contributed by atoms with Gasteiger partial charge in [-0.2, -0.15) is 11.8 Å². The Bertz CT molecular complexity index is 477. The third kappa shape index (κ3) is 2.36. The second kappa shape index (κ2) is 5.11. The van der Waals surface area contributed by atoms with Gasteiger partial charge in [-0.05, 0) is 12.7 Å². The number of aromatic nitrogens is 3. The number of nitrogen functional groups attached to an aromatic ring is 1. The molecular formula is C9H12N4S3. The molecule has 0 bridgehead atoms. The maximum Gasteiger partial charge on any atom is 0.203 e. The van der Waals surface area contributed by atoms with Gasteiger partial charge in [0.2, 0.25) is 5.13 Å². The summed E-state index contributed by atoms with van der Waals surface area (Å²) in [5.74, 6) is 0.950. The molecule has 16 heavy (non-hydrogen) atoms. The predicted octanol–water partition coefficient (Wildman–Crippen LogP) is 2.67. The molecule has 0 atom stereocenters. The molecule has 0 radical (unpaired) electrons. The van der Waals surface area contributed by atoms with E-state index >= 15 is 0 Å². The molecule has 0 spiro atoms. The highest BCUT2D eigenvalue weighted by molar-refractivity contribution is 7.97. The average molecular weight is 272 g/mol. The molecule has 0 fully saturated rings. The lowest BCUT2D eigenvalue weighted by Gasteiger charge is -1.91. The number of hydrogen-bond donors (Lipinski definition) is 1. The molecule has 0 aliphatic carbocycles. The summed E-state index contributed by atoms with van der Waals surface area (Å²) in [4.78, 5) is 5.73. The lowest BCUT2D eigenvalue weighted by Crippen LogP contribution is -1.85. The van der Waals surface area contributed by atoms with Crippen molar-refractivity contribution in [2.45, 2.75) is 19.1 Å². The number of hydrogen-bond acceptors (Lipinski definition) is 7. The van der Waals surface area contributed by atoms with Crippen LogP contribution in [-0.2, 0) is 12.2 Å². The molecule has 2 heterocycles. The molecule has 2 rings (SSSR count). The van der Waals surface area contributed by atoms with Crippen molar-refractivity contribution in [1.82, 2.24) is 15.2 Å². The van der Waals surface area contributed by atoms with Crippen LogP contribution in [0.1, 0.15) is 17.6 Å². The standard InChI is InChI=1S/C9H12N4S3/c1-3-5-7(8-12-13-9(10)16-8)15-6(11-5)4-14-2/h3-4H2,1-2H3,(H2,10,13). The van der Waals surface area contributed by atoms with Gasteiger partial charge >= 0.3 is 0 Å². The summed E-state index contributed by atoms with van der Waals surface area (Å²) in [5, 5.41) is 10.5. The number of nitrogens with two attached hydrogens (primary N) is 1. The number of rotatable bonds is 4. The fraction of sp³-hybridized carbons (Fsp3) is 0.444. The fourth-order valence-corrected chi connectivity index (χ4v) is 3.87. The largest absolute Gasteiger partial charge is 0.374 e. The highest BCUT2D eigenvalue weighted by atomic mass is 32.2. The smallest absolute Gasteiger partial charge is 0.203 e. The zero-order chi connectivity index (χ0) is 11.5. The molecule has 7 heteroatoms. The van der Waals surface area contributed by atoms with E-state index in [-0.39, 0.29) is 0 Å². The van der Waals surface area contributed by atoms with Gasteiger partial charge in [-0.3, -0.25) is 0 Å². The Labute approximate surface area is 106 Å². The molecule has 0 aromatic carbocycles. The second-order valence-electron chi connectivity index (χ2n) is 3.12. The van der Waals surface area contributed by atoms with Crippen molar-refractivity contribution in [2.24, 2.45) is 0 Å². The zero-order valence-electron chi connectivity index (χ0n) is 9.06. The molecule has 2 aromatic rings. The predicted molar refractivity (Wildman–Crippen MR) is 72.0 cm³/mol. The van der Waals surface area contributed by atoms with Gasteiger partial charge in [0.15, 0.2) is 5.01 Å². The average Bonchev–Trinajstić information content (AvgIpc) is 2.84. The number of thiazole rings is 1. The normalized spacial score (nSPS) is 10.9. The Morgan fingerprint density at radius 2 is 2.12 bits per heavy atom. The molecule has 0 amide bonds. The lowest BCUT2D eigenvalue weighted by atomic mass is 10.3. The van der Waals surface area contributed by atoms with Gasteiger partial charge in [0.05, 0.1) is 10.6 Å². The van der Waals surface area contributed by atoms with Gasteiger partial charge in [0, 0.05) is 5.75 Å². The molecule has 0 aliphatic heterocycles. The van der Waals surface area contributed by atoms with Crippen molar-refractivity contribution in [1.29, 1.82) is 0 Å². The van der Waals surface area contributed by atoms with Crippen molar-refractivity contribution in [3.63, 3.8) is 0 Å². The van der Waals surface area contributed by atoms with Crippen molar-refractivity contribution in [2.75, 3.05) is 12.0 Å². The first-order valence-corrected chi connectivity index (χ1v) is 7.84. The van der Waals surface area contributed by atoms with Gasteiger partial charge in [-0.25, -0.2) is 4.98 Å². The SMILES string of the molecule is CCc1nc(CSC)sc1-c1nnc(N)s1. The van der Waals surface area contributed by atoms with Gasteiger partial charge in [0.25, 0.3) is 0 Å². The van der Waals surface area contributed by atoms with Crippen LogP contribution in [0.4, 0.5) is 5.13 Å². The van der Waals surface area contributed by atoms with Crippen LogP contribution >= 0.6 is 34.4 Å². The summed E-state index contributed by atoms with van der Waals surface area (Å²) in [6.45, 7) is 2.10. The van der Waals surface area contributed by atoms with E-state index in [0.717, 1.165) is 32.8 Å². The Hall–Kier alpha value is -0.660. The minimum atomic E-state index is 0.511. The summed E-state index contributed by atoms with van der Waals surface area (Å²) >= 11 is 4.89. The number of aryl methyl sites for hydroxylation is 1. The van der Waals surface area contributed by atoms with E-state index in [4.69, 9.17) is 5.73 Å². The molecule has 0 saturated heterocycles. The molecule has 2 aromatic heterocycles. The van der Waals surface area contributed by atoms with E-state index in [2.05, 4.69) is 28.4 Å². The Morgan fingerprint density at radius 1 is 1.31 bits per heavy atom. The van der Waals surface area contributed by atoms with E-state index in [9.17, 15) is 0 Å².